The van der Waals surface area contributed by atoms with Gasteiger partial charge in [-0.25, -0.2) is 5.43 Å². The molecule has 1 aromatic heterocycles. The van der Waals surface area contributed by atoms with Crippen LogP contribution < -0.4 is 16.0 Å². The second-order valence-electron chi connectivity index (χ2n) is 4.22. The molecule has 0 aliphatic carbocycles. The molecular formula is C14H16ClN3O. The van der Waals surface area contributed by atoms with E-state index in [4.69, 9.17) is 22.2 Å². The van der Waals surface area contributed by atoms with Crippen LogP contribution in [0.4, 0.5) is 0 Å². The molecule has 0 aliphatic rings. The normalized spacial score (nSPS) is 12.2. The van der Waals surface area contributed by atoms with Crippen molar-refractivity contribution in [2.24, 2.45) is 5.84 Å². The van der Waals surface area contributed by atoms with E-state index in [9.17, 15) is 0 Å². The molecule has 0 spiro atoms. The zero-order valence-electron chi connectivity index (χ0n) is 10.9. The van der Waals surface area contributed by atoms with Gasteiger partial charge in [-0.2, -0.15) is 0 Å². The Morgan fingerprint density at radius 3 is 2.63 bits per heavy atom. The summed E-state index contributed by atoms with van der Waals surface area (Å²) in [5, 5.41) is 0.577. The number of rotatable bonds is 4. The molecule has 1 unspecified atom stereocenters. The maximum absolute atomic E-state index is 6.03. The zero-order valence-corrected chi connectivity index (χ0v) is 11.6. The Labute approximate surface area is 117 Å². The molecule has 2 aromatic rings. The highest BCUT2D eigenvalue weighted by atomic mass is 35.5. The summed E-state index contributed by atoms with van der Waals surface area (Å²) in [6.07, 6.45) is 1.77. The van der Waals surface area contributed by atoms with Gasteiger partial charge in [-0.15, -0.1) is 0 Å². The van der Waals surface area contributed by atoms with Gasteiger partial charge in [0.05, 0.1) is 18.2 Å². The fourth-order valence-corrected chi connectivity index (χ4v) is 2.18. The number of hydrogen-bond donors (Lipinski definition) is 2. The summed E-state index contributed by atoms with van der Waals surface area (Å²) in [6.45, 7) is 1.94. The van der Waals surface area contributed by atoms with Gasteiger partial charge < -0.3 is 4.74 Å². The quantitative estimate of drug-likeness (QED) is 0.666. The van der Waals surface area contributed by atoms with E-state index >= 15 is 0 Å². The van der Waals surface area contributed by atoms with E-state index in [-0.39, 0.29) is 6.04 Å². The van der Waals surface area contributed by atoms with Gasteiger partial charge in [0.25, 0.3) is 0 Å². The van der Waals surface area contributed by atoms with Gasteiger partial charge in [-0.3, -0.25) is 10.8 Å². The summed E-state index contributed by atoms with van der Waals surface area (Å²) in [5.74, 6) is 6.30. The van der Waals surface area contributed by atoms with Crippen molar-refractivity contribution < 1.29 is 4.74 Å². The Kier molecular flexibility index (Phi) is 4.37. The molecule has 0 fully saturated rings. The van der Waals surface area contributed by atoms with Crippen LogP contribution in [0.5, 0.6) is 5.75 Å². The van der Waals surface area contributed by atoms with Crippen molar-refractivity contribution in [3.63, 3.8) is 0 Å². The molecule has 0 saturated carbocycles. The van der Waals surface area contributed by atoms with Gasteiger partial charge in [-0.1, -0.05) is 17.7 Å². The summed E-state index contributed by atoms with van der Waals surface area (Å²) < 4.78 is 5.23. The molecule has 1 atom stereocenters. The Hall–Kier alpha value is -1.62. The third-order valence-corrected chi connectivity index (χ3v) is 3.24. The van der Waals surface area contributed by atoms with Crippen LogP contribution in [0.25, 0.3) is 0 Å². The van der Waals surface area contributed by atoms with Gasteiger partial charge in [0.1, 0.15) is 5.75 Å². The van der Waals surface area contributed by atoms with Crippen LogP contribution in [0.1, 0.15) is 22.9 Å². The minimum Gasteiger partial charge on any atom is -0.495 e. The number of nitrogens with zero attached hydrogens (tertiary/aromatic N) is 1. The van der Waals surface area contributed by atoms with Crippen molar-refractivity contribution in [3.05, 3.63) is 58.4 Å². The molecule has 3 N–H and O–H groups in total. The van der Waals surface area contributed by atoms with Gasteiger partial charge in [0.15, 0.2) is 0 Å². The zero-order chi connectivity index (χ0) is 13.8. The molecular weight excluding hydrogens is 262 g/mol. The smallest absolute Gasteiger partial charge is 0.137 e. The first-order chi connectivity index (χ1) is 9.15. The first-order valence-corrected chi connectivity index (χ1v) is 6.25. The molecule has 1 heterocycles. The molecule has 0 aliphatic heterocycles. The number of hydrogen-bond acceptors (Lipinski definition) is 4. The average molecular weight is 278 g/mol. The lowest BCUT2D eigenvalue weighted by Gasteiger charge is -2.18. The van der Waals surface area contributed by atoms with E-state index in [1.807, 2.05) is 31.2 Å². The number of nitrogens with two attached hydrogens (primary N) is 1. The number of halogens is 1. The second kappa shape index (κ2) is 6.02. The van der Waals surface area contributed by atoms with Crippen molar-refractivity contribution >= 4 is 11.6 Å². The minimum absolute atomic E-state index is 0.132. The van der Waals surface area contributed by atoms with E-state index in [1.165, 1.54) is 0 Å². The van der Waals surface area contributed by atoms with E-state index in [1.54, 1.807) is 19.4 Å². The predicted octanol–water partition coefficient (Wildman–Crippen LogP) is 2.60. The number of pyridine rings is 1. The van der Waals surface area contributed by atoms with E-state index in [0.29, 0.717) is 10.8 Å². The third kappa shape index (κ3) is 3.04. The second-order valence-corrected chi connectivity index (χ2v) is 4.63. The lowest BCUT2D eigenvalue weighted by Crippen LogP contribution is -2.28. The molecule has 5 heteroatoms. The maximum atomic E-state index is 6.03. The minimum atomic E-state index is -0.132. The number of methoxy groups -OCH3 is 1. The van der Waals surface area contributed by atoms with Gasteiger partial charge in [-0.05, 0) is 42.3 Å². The van der Waals surface area contributed by atoms with E-state index in [0.717, 1.165) is 16.8 Å². The van der Waals surface area contributed by atoms with Crippen molar-refractivity contribution in [2.45, 2.75) is 13.0 Å². The van der Waals surface area contributed by atoms with Crippen LogP contribution in [0.2, 0.25) is 5.02 Å². The van der Waals surface area contributed by atoms with Crippen LogP contribution >= 0.6 is 11.6 Å². The van der Waals surface area contributed by atoms with Gasteiger partial charge in [0, 0.05) is 11.9 Å². The van der Waals surface area contributed by atoms with Crippen LogP contribution in [0, 0.1) is 6.92 Å². The van der Waals surface area contributed by atoms with Crippen LogP contribution in [-0.2, 0) is 0 Å². The maximum Gasteiger partial charge on any atom is 0.137 e. The van der Waals surface area contributed by atoms with Crippen molar-refractivity contribution in [1.82, 2.24) is 10.4 Å². The van der Waals surface area contributed by atoms with Crippen molar-refractivity contribution in [3.8, 4) is 5.75 Å². The molecule has 1 aromatic carbocycles. The third-order valence-electron chi connectivity index (χ3n) is 2.93. The van der Waals surface area contributed by atoms with Crippen molar-refractivity contribution in [1.29, 1.82) is 0 Å². The fraction of sp³-hybridized carbons (Fsp3) is 0.214. The Bertz CT molecular complexity index is 574. The number of aryl methyl sites for hydroxylation is 1. The summed E-state index contributed by atoms with van der Waals surface area (Å²) in [5.41, 5.74) is 5.77. The number of benzene rings is 1. The fourth-order valence-electron chi connectivity index (χ4n) is 1.99. The van der Waals surface area contributed by atoms with Gasteiger partial charge >= 0.3 is 0 Å². The highest BCUT2D eigenvalue weighted by Crippen LogP contribution is 2.30. The predicted molar refractivity (Wildman–Crippen MR) is 76.1 cm³/mol. The van der Waals surface area contributed by atoms with Crippen LogP contribution in [0.3, 0.4) is 0 Å². The number of hydrazine groups is 1. The number of aromatic nitrogens is 1. The largest absolute Gasteiger partial charge is 0.495 e. The van der Waals surface area contributed by atoms with Crippen LogP contribution in [0.15, 0.2) is 36.5 Å². The summed E-state index contributed by atoms with van der Waals surface area (Å²) in [4.78, 5) is 4.18. The number of nitrogens with one attached hydrogen (secondary N) is 1. The molecule has 100 valence electrons. The Balaban J connectivity index is 2.42. The van der Waals surface area contributed by atoms with E-state index < -0.39 is 0 Å². The van der Waals surface area contributed by atoms with Crippen molar-refractivity contribution in [2.75, 3.05) is 7.11 Å². The standard InChI is InChI=1S/C14H16ClN3O/c1-9-7-11(5-6-17-9)14(18-16)10-3-4-12(15)13(8-10)19-2/h3-8,14,18H,16H2,1-2H3. The highest BCUT2D eigenvalue weighted by molar-refractivity contribution is 6.32. The summed E-state index contributed by atoms with van der Waals surface area (Å²) in [6, 6.07) is 9.39. The molecule has 0 amide bonds. The van der Waals surface area contributed by atoms with Crippen LogP contribution in [-0.4, -0.2) is 12.1 Å². The monoisotopic (exact) mass is 277 g/mol. The number of ether oxygens (including phenoxy) is 1. The summed E-state index contributed by atoms with van der Waals surface area (Å²) in [7, 11) is 1.59. The first kappa shape index (κ1) is 13.8. The molecule has 19 heavy (non-hydrogen) atoms. The van der Waals surface area contributed by atoms with Gasteiger partial charge in [0.2, 0.25) is 0 Å². The lowest BCUT2D eigenvalue weighted by atomic mass is 9.99. The molecule has 0 bridgehead atoms. The summed E-state index contributed by atoms with van der Waals surface area (Å²) >= 11 is 6.03. The Morgan fingerprint density at radius 1 is 1.26 bits per heavy atom. The first-order valence-electron chi connectivity index (χ1n) is 5.88. The molecule has 0 radical (unpaired) electrons. The lowest BCUT2D eigenvalue weighted by molar-refractivity contribution is 0.414. The topological polar surface area (TPSA) is 60.2 Å². The molecule has 4 nitrogen and oxygen atoms in total. The molecule has 2 rings (SSSR count). The van der Waals surface area contributed by atoms with E-state index in [2.05, 4.69) is 10.4 Å². The SMILES string of the molecule is COc1cc(C(NN)c2ccnc(C)c2)ccc1Cl. The highest BCUT2D eigenvalue weighted by Gasteiger charge is 2.14. The average Bonchev–Trinajstić information content (AvgIpc) is 2.41. The Morgan fingerprint density at radius 2 is 2.00 bits per heavy atom. The molecule has 0 saturated heterocycles.